The highest BCUT2D eigenvalue weighted by Crippen LogP contribution is 2.19. The Morgan fingerprint density at radius 1 is 0.947 bits per heavy atom. The number of methoxy groups -OCH3 is 1. The van der Waals surface area contributed by atoms with E-state index in [4.69, 9.17) is 4.74 Å². The van der Waals surface area contributed by atoms with Gasteiger partial charge in [0, 0.05) is 24.9 Å². The SMILES string of the molecule is COCc1ccccc1NCc1c(C)cccc1C. The van der Waals surface area contributed by atoms with Crippen LogP contribution in [0.3, 0.4) is 0 Å². The minimum atomic E-state index is 0.635. The standard InChI is InChI=1S/C17H21NO/c1-13-7-6-8-14(2)16(13)11-18-17-10-5-4-9-15(17)12-19-3/h4-10,18H,11-12H2,1-3H3. The van der Waals surface area contributed by atoms with Gasteiger partial charge in [0.05, 0.1) is 6.61 Å². The molecule has 0 amide bonds. The molecule has 19 heavy (non-hydrogen) atoms. The van der Waals surface area contributed by atoms with Gasteiger partial charge in [-0.3, -0.25) is 0 Å². The number of para-hydroxylation sites is 1. The Hall–Kier alpha value is -1.80. The van der Waals surface area contributed by atoms with Crippen LogP contribution in [0.1, 0.15) is 22.3 Å². The number of aryl methyl sites for hydroxylation is 2. The van der Waals surface area contributed by atoms with Crippen LogP contribution in [0.2, 0.25) is 0 Å². The molecule has 0 unspecified atom stereocenters. The topological polar surface area (TPSA) is 21.3 Å². The van der Waals surface area contributed by atoms with E-state index in [1.165, 1.54) is 22.3 Å². The van der Waals surface area contributed by atoms with Gasteiger partial charge in [-0.1, -0.05) is 36.4 Å². The van der Waals surface area contributed by atoms with Gasteiger partial charge in [0.1, 0.15) is 0 Å². The molecule has 0 aliphatic rings. The van der Waals surface area contributed by atoms with Crippen LogP contribution < -0.4 is 5.32 Å². The van der Waals surface area contributed by atoms with Crippen molar-refractivity contribution in [3.63, 3.8) is 0 Å². The van der Waals surface area contributed by atoms with Crippen LogP contribution in [0, 0.1) is 13.8 Å². The van der Waals surface area contributed by atoms with Crippen LogP contribution in [-0.4, -0.2) is 7.11 Å². The summed E-state index contributed by atoms with van der Waals surface area (Å²) >= 11 is 0. The van der Waals surface area contributed by atoms with Gasteiger partial charge in [-0.05, 0) is 36.6 Å². The van der Waals surface area contributed by atoms with Crippen LogP contribution in [0.15, 0.2) is 42.5 Å². The van der Waals surface area contributed by atoms with Crippen molar-refractivity contribution in [3.05, 3.63) is 64.7 Å². The summed E-state index contributed by atoms with van der Waals surface area (Å²) in [5.74, 6) is 0. The highest BCUT2D eigenvalue weighted by atomic mass is 16.5. The van der Waals surface area contributed by atoms with Gasteiger partial charge in [-0.25, -0.2) is 0 Å². The predicted molar refractivity (Wildman–Crippen MR) is 80.4 cm³/mol. The Bertz CT molecular complexity index is 528. The third-order valence-electron chi connectivity index (χ3n) is 3.42. The molecule has 1 N–H and O–H groups in total. The second kappa shape index (κ2) is 6.39. The fourth-order valence-corrected chi connectivity index (χ4v) is 2.29. The van der Waals surface area contributed by atoms with Crippen LogP contribution in [0.25, 0.3) is 0 Å². The molecule has 0 radical (unpaired) electrons. The first-order valence-electron chi connectivity index (χ1n) is 6.58. The van der Waals surface area contributed by atoms with Crippen molar-refractivity contribution in [2.45, 2.75) is 27.0 Å². The Labute approximate surface area is 115 Å². The minimum absolute atomic E-state index is 0.635. The Kier molecular flexibility index (Phi) is 4.58. The molecule has 0 aliphatic carbocycles. The number of ether oxygens (including phenoxy) is 1. The van der Waals surface area contributed by atoms with Crippen molar-refractivity contribution in [2.75, 3.05) is 12.4 Å². The Balaban J connectivity index is 2.15. The van der Waals surface area contributed by atoms with Crippen LogP contribution >= 0.6 is 0 Å². The first-order valence-corrected chi connectivity index (χ1v) is 6.58. The van der Waals surface area contributed by atoms with Gasteiger partial charge in [0.2, 0.25) is 0 Å². The fourth-order valence-electron chi connectivity index (χ4n) is 2.29. The van der Waals surface area contributed by atoms with Gasteiger partial charge in [0.15, 0.2) is 0 Å². The number of anilines is 1. The molecule has 2 aromatic rings. The normalized spacial score (nSPS) is 10.5. The molecule has 2 nitrogen and oxygen atoms in total. The maximum absolute atomic E-state index is 5.23. The van der Waals surface area contributed by atoms with Crippen LogP contribution in [-0.2, 0) is 17.9 Å². The lowest BCUT2D eigenvalue weighted by atomic mass is 10.0. The van der Waals surface area contributed by atoms with Crippen molar-refractivity contribution in [2.24, 2.45) is 0 Å². The lowest BCUT2D eigenvalue weighted by Crippen LogP contribution is -2.05. The number of benzene rings is 2. The molecule has 0 fully saturated rings. The molecule has 0 spiro atoms. The maximum atomic E-state index is 5.23. The highest BCUT2D eigenvalue weighted by Gasteiger charge is 2.04. The number of hydrogen-bond donors (Lipinski definition) is 1. The third-order valence-corrected chi connectivity index (χ3v) is 3.42. The van der Waals surface area contributed by atoms with Gasteiger partial charge >= 0.3 is 0 Å². The Morgan fingerprint density at radius 2 is 1.63 bits per heavy atom. The first kappa shape index (κ1) is 13.6. The van der Waals surface area contributed by atoms with Gasteiger partial charge in [-0.15, -0.1) is 0 Å². The molecule has 2 heteroatoms. The summed E-state index contributed by atoms with van der Waals surface area (Å²) < 4.78 is 5.23. The van der Waals surface area contributed by atoms with Crippen LogP contribution in [0.5, 0.6) is 0 Å². The largest absolute Gasteiger partial charge is 0.381 e. The zero-order valence-electron chi connectivity index (χ0n) is 11.9. The van der Waals surface area contributed by atoms with E-state index >= 15 is 0 Å². The smallest absolute Gasteiger partial charge is 0.0733 e. The molecule has 2 aromatic carbocycles. The monoisotopic (exact) mass is 255 g/mol. The second-order valence-electron chi connectivity index (χ2n) is 4.81. The molecule has 0 aromatic heterocycles. The lowest BCUT2D eigenvalue weighted by Gasteiger charge is -2.14. The second-order valence-corrected chi connectivity index (χ2v) is 4.81. The van der Waals surface area contributed by atoms with Gasteiger partial charge in [0.25, 0.3) is 0 Å². The van der Waals surface area contributed by atoms with E-state index in [0.29, 0.717) is 6.61 Å². The summed E-state index contributed by atoms with van der Waals surface area (Å²) in [7, 11) is 1.72. The molecule has 0 aliphatic heterocycles. The first-order chi connectivity index (χ1) is 9.22. The van der Waals surface area contributed by atoms with E-state index in [2.05, 4.69) is 49.5 Å². The van der Waals surface area contributed by atoms with E-state index in [1.807, 2.05) is 12.1 Å². The minimum Gasteiger partial charge on any atom is -0.381 e. The highest BCUT2D eigenvalue weighted by molar-refractivity contribution is 5.51. The molecule has 100 valence electrons. The number of hydrogen-bond acceptors (Lipinski definition) is 2. The van der Waals surface area contributed by atoms with Crippen molar-refractivity contribution in [1.82, 2.24) is 0 Å². The average Bonchev–Trinajstić information content (AvgIpc) is 2.40. The molecule has 0 saturated heterocycles. The van der Waals surface area contributed by atoms with Crippen molar-refractivity contribution in [3.8, 4) is 0 Å². The zero-order chi connectivity index (χ0) is 13.7. The summed E-state index contributed by atoms with van der Waals surface area (Å²) in [6.07, 6.45) is 0. The van der Waals surface area contributed by atoms with E-state index in [0.717, 1.165) is 12.2 Å². The van der Waals surface area contributed by atoms with E-state index in [9.17, 15) is 0 Å². The number of nitrogens with one attached hydrogen (secondary N) is 1. The quantitative estimate of drug-likeness (QED) is 0.870. The van der Waals surface area contributed by atoms with E-state index < -0.39 is 0 Å². The molecule has 0 atom stereocenters. The molecule has 0 heterocycles. The molecule has 2 rings (SSSR count). The molecular formula is C17H21NO. The predicted octanol–water partition coefficient (Wildman–Crippen LogP) is 4.06. The average molecular weight is 255 g/mol. The fraction of sp³-hybridized carbons (Fsp3) is 0.294. The van der Waals surface area contributed by atoms with Gasteiger partial charge in [-0.2, -0.15) is 0 Å². The number of rotatable bonds is 5. The maximum Gasteiger partial charge on any atom is 0.0733 e. The summed E-state index contributed by atoms with van der Waals surface area (Å²) in [5.41, 5.74) is 6.37. The third kappa shape index (κ3) is 3.36. The summed E-state index contributed by atoms with van der Waals surface area (Å²) in [6.45, 7) is 5.80. The lowest BCUT2D eigenvalue weighted by molar-refractivity contribution is 0.185. The van der Waals surface area contributed by atoms with E-state index in [-0.39, 0.29) is 0 Å². The van der Waals surface area contributed by atoms with E-state index in [1.54, 1.807) is 7.11 Å². The molecular weight excluding hydrogens is 234 g/mol. The van der Waals surface area contributed by atoms with Crippen LogP contribution in [0.4, 0.5) is 5.69 Å². The zero-order valence-corrected chi connectivity index (χ0v) is 11.9. The van der Waals surface area contributed by atoms with Crippen molar-refractivity contribution in [1.29, 1.82) is 0 Å². The Morgan fingerprint density at radius 3 is 2.32 bits per heavy atom. The van der Waals surface area contributed by atoms with Crippen molar-refractivity contribution < 1.29 is 4.74 Å². The molecule has 0 saturated carbocycles. The summed E-state index contributed by atoms with van der Waals surface area (Å²) in [6, 6.07) is 14.7. The van der Waals surface area contributed by atoms with Gasteiger partial charge < -0.3 is 10.1 Å². The summed E-state index contributed by atoms with van der Waals surface area (Å²) in [4.78, 5) is 0. The summed E-state index contributed by atoms with van der Waals surface area (Å²) in [5, 5.41) is 3.52. The molecule has 0 bridgehead atoms. The van der Waals surface area contributed by atoms with Crippen molar-refractivity contribution >= 4 is 5.69 Å².